The molecule has 0 radical (unpaired) electrons. The number of nitrogens with two attached hydrogens (primary N) is 1. The van der Waals surface area contributed by atoms with Crippen LogP contribution in [0, 0.1) is 0 Å². The Bertz CT molecular complexity index is 521. The largest absolute Gasteiger partial charge is 0.496 e. The second kappa shape index (κ2) is 6.01. The topological polar surface area (TPSA) is 79.5 Å². The minimum Gasteiger partial charge on any atom is -0.496 e. The van der Waals surface area contributed by atoms with Gasteiger partial charge >= 0.3 is 0 Å². The molecular weight excluding hydrogens is 246 g/mol. The number of nitrogens with zero attached hydrogens (tertiary/aromatic N) is 2. The predicted octanol–water partition coefficient (Wildman–Crippen LogP) is 1.74. The van der Waals surface area contributed by atoms with Crippen molar-refractivity contribution in [2.75, 3.05) is 14.2 Å². The summed E-state index contributed by atoms with van der Waals surface area (Å²) < 4.78 is 15.9. The lowest BCUT2D eigenvalue weighted by Gasteiger charge is -2.09. The monoisotopic (exact) mass is 261 g/mol. The van der Waals surface area contributed by atoms with Crippen LogP contribution >= 0.6 is 0 Å². The van der Waals surface area contributed by atoms with Crippen molar-refractivity contribution in [3.8, 4) is 23.1 Å². The summed E-state index contributed by atoms with van der Waals surface area (Å²) in [6, 6.07) is 5.23. The van der Waals surface area contributed by atoms with Crippen LogP contribution in [0.3, 0.4) is 0 Å². The molecule has 0 aliphatic rings. The number of methoxy groups -OCH3 is 2. The molecule has 6 heteroatoms. The molecule has 0 atom stereocenters. The van der Waals surface area contributed by atoms with Gasteiger partial charge in [0.1, 0.15) is 17.2 Å². The van der Waals surface area contributed by atoms with Gasteiger partial charge in [0.05, 0.1) is 32.3 Å². The quantitative estimate of drug-likeness (QED) is 0.883. The summed E-state index contributed by atoms with van der Waals surface area (Å²) in [5.74, 6) is 2.22. The number of ether oxygens (including phenoxy) is 3. The van der Waals surface area contributed by atoms with Crippen molar-refractivity contribution in [3.63, 3.8) is 0 Å². The molecule has 100 valence electrons. The van der Waals surface area contributed by atoms with Crippen molar-refractivity contribution in [1.82, 2.24) is 9.97 Å². The van der Waals surface area contributed by atoms with Gasteiger partial charge in [0, 0.05) is 24.7 Å². The molecule has 6 nitrogen and oxygen atoms in total. The molecule has 0 saturated carbocycles. The summed E-state index contributed by atoms with van der Waals surface area (Å²) in [5.41, 5.74) is 6.16. The van der Waals surface area contributed by atoms with Crippen molar-refractivity contribution in [3.05, 3.63) is 36.3 Å². The maximum atomic E-state index is 5.59. The number of aromatic nitrogens is 2. The highest BCUT2D eigenvalue weighted by Crippen LogP contribution is 2.29. The average molecular weight is 261 g/mol. The Morgan fingerprint density at radius 3 is 2.05 bits per heavy atom. The lowest BCUT2D eigenvalue weighted by molar-refractivity contribution is 0.384. The van der Waals surface area contributed by atoms with Crippen molar-refractivity contribution >= 4 is 0 Å². The van der Waals surface area contributed by atoms with E-state index >= 15 is 0 Å². The molecule has 0 saturated heterocycles. The fourth-order valence-corrected chi connectivity index (χ4v) is 1.46. The van der Waals surface area contributed by atoms with Crippen LogP contribution in [0.2, 0.25) is 0 Å². The number of hydrogen-bond acceptors (Lipinski definition) is 6. The van der Waals surface area contributed by atoms with E-state index in [-0.39, 0.29) is 0 Å². The Hall–Kier alpha value is -2.34. The van der Waals surface area contributed by atoms with Crippen LogP contribution in [0.25, 0.3) is 0 Å². The van der Waals surface area contributed by atoms with Gasteiger partial charge in [-0.1, -0.05) is 0 Å². The molecule has 0 amide bonds. The normalized spacial score (nSPS) is 10.1. The Kier molecular flexibility index (Phi) is 4.15. The molecule has 19 heavy (non-hydrogen) atoms. The Balaban J connectivity index is 2.21. The maximum absolute atomic E-state index is 5.59. The first kappa shape index (κ1) is 13.1. The molecule has 2 rings (SSSR count). The van der Waals surface area contributed by atoms with Crippen LogP contribution in [-0.4, -0.2) is 24.2 Å². The van der Waals surface area contributed by atoms with E-state index in [4.69, 9.17) is 19.9 Å². The van der Waals surface area contributed by atoms with Crippen LogP contribution in [0.5, 0.6) is 23.1 Å². The van der Waals surface area contributed by atoms with Gasteiger partial charge in [-0.25, -0.2) is 4.98 Å². The summed E-state index contributed by atoms with van der Waals surface area (Å²) in [4.78, 5) is 8.21. The van der Waals surface area contributed by atoms with E-state index < -0.39 is 0 Å². The van der Waals surface area contributed by atoms with E-state index in [2.05, 4.69) is 9.97 Å². The fraction of sp³-hybridized carbons (Fsp3) is 0.231. The second-order valence-electron chi connectivity index (χ2n) is 3.70. The van der Waals surface area contributed by atoms with Crippen molar-refractivity contribution < 1.29 is 14.2 Å². The van der Waals surface area contributed by atoms with Crippen LogP contribution in [0.1, 0.15) is 5.69 Å². The SMILES string of the molecule is COc1cc(OC)cc(Oc2cnc(CN)cn2)c1. The minimum absolute atomic E-state index is 0.347. The van der Waals surface area contributed by atoms with Gasteiger partial charge in [0.15, 0.2) is 0 Å². The zero-order valence-electron chi connectivity index (χ0n) is 10.8. The van der Waals surface area contributed by atoms with E-state index in [1.165, 1.54) is 6.20 Å². The minimum atomic E-state index is 0.347. The van der Waals surface area contributed by atoms with Gasteiger partial charge in [0.2, 0.25) is 5.88 Å². The van der Waals surface area contributed by atoms with Crippen molar-refractivity contribution in [2.45, 2.75) is 6.54 Å². The molecule has 2 aromatic rings. The standard InChI is InChI=1S/C13H15N3O3/c1-17-10-3-11(18-2)5-12(4-10)19-13-8-15-9(6-14)7-16-13/h3-5,7-8H,6,14H2,1-2H3. The third kappa shape index (κ3) is 3.32. The molecule has 0 unspecified atom stereocenters. The lowest BCUT2D eigenvalue weighted by atomic mass is 10.3. The third-order valence-corrected chi connectivity index (χ3v) is 2.44. The Morgan fingerprint density at radius 2 is 1.58 bits per heavy atom. The first-order chi connectivity index (χ1) is 9.25. The molecule has 0 spiro atoms. The van der Waals surface area contributed by atoms with Crippen LogP contribution in [0.4, 0.5) is 0 Å². The first-order valence-corrected chi connectivity index (χ1v) is 5.67. The zero-order valence-corrected chi connectivity index (χ0v) is 10.8. The number of rotatable bonds is 5. The number of benzene rings is 1. The van der Waals surface area contributed by atoms with Crippen LogP contribution in [-0.2, 0) is 6.54 Å². The van der Waals surface area contributed by atoms with Gasteiger partial charge < -0.3 is 19.9 Å². The predicted molar refractivity (Wildman–Crippen MR) is 69.5 cm³/mol. The van der Waals surface area contributed by atoms with E-state index in [9.17, 15) is 0 Å². The highest BCUT2D eigenvalue weighted by Gasteiger charge is 2.05. The molecule has 0 bridgehead atoms. The Labute approximate surface area is 111 Å². The smallest absolute Gasteiger partial charge is 0.237 e. The lowest BCUT2D eigenvalue weighted by Crippen LogP contribution is -2.00. The van der Waals surface area contributed by atoms with Gasteiger partial charge in [-0.2, -0.15) is 0 Å². The van der Waals surface area contributed by atoms with E-state index in [1.54, 1.807) is 38.6 Å². The molecule has 1 aromatic carbocycles. The summed E-state index contributed by atoms with van der Waals surface area (Å²) in [6.07, 6.45) is 3.10. The molecular formula is C13H15N3O3. The molecule has 2 N–H and O–H groups in total. The fourth-order valence-electron chi connectivity index (χ4n) is 1.46. The second-order valence-corrected chi connectivity index (χ2v) is 3.70. The van der Waals surface area contributed by atoms with Gasteiger partial charge in [-0.05, 0) is 0 Å². The summed E-state index contributed by atoms with van der Waals surface area (Å²) in [5, 5.41) is 0. The van der Waals surface area contributed by atoms with Gasteiger partial charge in [-0.15, -0.1) is 0 Å². The first-order valence-electron chi connectivity index (χ1n) is 5.67. The highest BCUT2D eigenvalue weighted by molar-refractivity contribution is 5.43. The highest BCUT2D eigenvalue weighted by atomic mass is 16.5. The van der Waals surface area contributed by atoms with E-state index in [0.29, 0.717) is 35.4 Å². The summed E-state index contributed by atoms with van der Waals surface area (Å²) in [7, 11) is 3.16. The van der Waals surface area contributed by atoms with E-state index in [0.717, 1.165) is 0 Å². The van der Waals surface area contributed by atoms with Crippen molar-refractivity contribution in [2.24, 2.45) is 5.73 Å². The third-order valence-electron chi connectivity index (χ3n) is 2.44. The molecule has 1 heterocycles. The zero-order chi connectivity index (χ0) is 13.7. The van der Waals surface area contributed by atoms with Gasteiger partial charge in [-0.3, -0.25) is 4.98 Å². The molecule has 1 aromatic heterocycles. The Morgan fingerprint density at radius 1 is 0.947 bits per heavy atom. The summed E-state index contributed by atoms with van der Waals surface area (Å²) in [6.45, 7) is 0.347. The summed E-state index contributed by atoms with van der Waals surface area (Å²) >= 11 is 0. The van der Waals surface area contributed by atoms with Gasteiger partial charge in [0.25, 0.3) is 0 Å². The average Bonchev–Trinajstić information content (AvgIpc) is 2.47. The number of hydrogen-bond donors (Lipinski definition) is 1. The molecule has 0 fully saturated rings. The van der Waals surface area contributed by atoms with Crippen LogP contribution < -0.4 is 19.9 Å². The molecule has 0 aliphatic carbocycles. The van der Waals surface area contributed by atoms with Crippen LogP contribution in [0.15, 0.2) is 30.6 Å². The van der Waals surface area contributed by atoms with E-state index in [1.807, 2.05) is 0 Å². The van der Waals surface area contributed by atoms with Crippen molar-refractivity contribution in [1.29, 1.82) is 0 Å². The maximum Gasteiger partial charge on any atom is 0.237 e. The molecule has 0 aliphatic heterocycles.